The van der Waals surface area contributed by atoms with Gasteiger partial charge in [0.25, 0.3) is 11.5 Å². The molecule has 0 unspecified atom stereocenters. The minimum Gasteiger partial charge on any atom is -0.338 e. The number of hydrogen-bond donors (Lipinski definition) is 2. The van der Waals surface area contributed by atoms with E-state index in [1.165, 1.54) is 6.20 Å². The Kier molecular flexibility index (Phi) is 3.37. The van der Waals surface area contributed by atoms with E-state index in [0.717, 1.165) is 18.5 Å². The maximum absolute atomic E-state index is 12.4. The van der Waals surface area contributed by atoms with Gasteiger partial charge >= 0.3 is 0 Å². The Balaban J connectivity index is 1.79. The zero-order valence-corrected chi connectivity index (χ0v) is 11.0. The maximum Gasteiger partial charge on any atom is 0.260 e. The Labute approximate surface area is 115 Å². The first-order valence-corrected chi connectivity index (χ1v) is 6.72. The molecule has 1 saturated heterocycles. The van der Waals surface area contributed by atoms with Gasteiger partial charge in [-0.25, -0.2) is 0 Å². The summed E-state index contributed by atoms with van der Waals surface area (Å²) in [5.74, 6) is 0.0639. The van der Waals surface area contributed by atoms with E-state index in [1.807, 2.05) is 6.07 Å². The normalized spacial score (nSPS) is 19.0. The highest BCUT2D eigenvalue weighted by molar-refractivity contribution is 5.93. The number of nitrogens with zero attached hydrogens (tertiary/aromatic N) is 2. The van der Waals surface area contributed by atoms with Gasteiger partial charge in [0, 0.05) is 37.1 Å². The van der Waals surface area contributed by atoms with Gasteiger partial charge in [-0.15, -0.1) is 0 Å². The molecule has 2 N–H and O–H groups in total. The van der Waals surface area contributed by atoms with Crippen molar-refractivity contribution in [1.82, 2.24) is 20.1 Å². The van der Waals surface area contributed by atoms with Crippen LogP contribution in [-0.2, 0) is 0 Å². The predicted molar refractivity (Wildman–Crippen MR) is 73.5 cm³/mol. The van der Waals surface area contributed by atoms with Crippen LogP contribution in [-0.4, -0.2) is 39.1 Å². The molecule has 104 valence electrons. The van der Waals surface area contributed by atoms with Gasteiger partial charge in [-0.3, -0.25) is 14.7 Å². The van der Waals surface area contributed by atoms with E-state index in [-0.39, 0.29) is 22.9 Å². The number of carbonyl (C=O) groups is 1. The lowest BCUT2D eigenvalue weighted by atomic mass is 9.94. The van der Waals surface area contributed by atoms with E-state index in [1.54, 1.807) is 23.2 Å². The highest BCUT2D eigenvalue weighted by Gasteiger charge is 2.27. The first kappa shape index (κ1) is 12.7. The number of piperidine rings is 1. The van der Waals surface area contributed by atoms with Gasteiger partial charge in [0.1, 0.15) is 5.56 Å². The van der Waals surface area contributed by atoms with Crippen LogP contribution < -0.4 is 5.56 Å². The van der Waals surface area contributed by atoms with Crippen molar-refractivity contribution in [3.8, 4) is 0 Å². The van der Waals surface area contributed by atoms with Crippen molar-refractivity contribution in [2.75, 3.05) is 13.1 Å². The lowest BCUT2D eigenvalue weighted by Crippen LogP contribution is -2.41. The van der Waals surface area contributed by atoms with E-state index in [0.29, 0.717) is 13.1 Å². The Morgan fingerprint density at radius 2 is 2.30 bits per heavy atom. The van der Waals surface area contributed by atoms with Crippen LogP contribution in [0.3, 0.4) is 0 Å². The van der Waals surface area contributed by atoms with Crippen molar-refractivity contribution in [1.29, 1.82) is 0 Å². The summed E-state index contributed by atoms with van der Waals surface area (Å²) in [6.45, 7) is 1.31. The van der Waals surface area contributed by atoms with Gasteiger partial charge in [0.2, 0.25) is 0 Å². The van der Waals surface area contributed by atoms with Crippen LogP contribution in [0.25, 0.3) is 0 Å². The smallest absolute Gasteiger partial charge is 0.260 e. The monoisotopic (exact) mass is 272 g/mol. The number of rotatable bonds is 2. The molecule has 0 spiro atoms. The Morgan fingerprint density at radius 3 is 3.05 bits per heavy atom. The molecule has 3 heterocycles. The first-order chi connectivity index (χ1) is 9.75. The third-order valence-corrected chi connectivity index (χ3v) is 3.72. The summed E-state index contributed by atoms with van der Waals surface area (Å²) >= 11 is 0. The molecule has 0 aliphatic carbocycles. The molecule has 1 aliphatic heterocycles. The van der Waals surface area contributed by atoms with Crippen molar-refractivity contribution in [2.24, 2.45) is 0 Å². The fraction of sp³-hybridized carbons (Fsp3) is 0.357. The largest absolute Gasteiger partial charge is 0.338 e. The second kappa shape index (κ2) is 5.32. The van der Waals surface area contributed by atoms with E-state index in [2.05, 4.69) is 15.2 Å². The Hall–Kier alpha value is -2.37. The van der Waals surface area contributed by atoms with Gasteiger partial charge in [-0.05, 0) is 31.0 Å². The number of H-pyrrole nitrogens is 2. The topological polar surface area (TPSA) is 81.8 Å². The minimum atomic E-state index is -0.332. The molecule has 0 radical (unpaired) electrons. The molecule has 1 fully saturated rings. The minimum absolute atomic E-state index is 0.198. The standard InChI is InChI=1S/C14H16N4O2/c19-13-11(4-1-6-15-13)14(20)18-8-2-3-10(9-18)12-5-7-16-17-12/h1,4-7,10H,2-3,8-9H2,(H,15,19)(H,16,17)/t10-/m1/s1. The van der Waals surface area contributed by atoms with E-state index in [4.69, 9.17) is 0 Å². The van der Waals surface area contributed by atoms with Crippen LogP contribution in [0, 0.1) is 0 Å². The number of nitrogens with one attached hydrogen (secondary N) is 2. The van der Waals surface area contributed by atoms with E-state index < -0.39 is 0 Å². The summed E-state index contributed by atoms with van der Waals surface area (Å²) in [5, 5.41) is 6.92. The fourth-order valence-electron chi connectivity index (χ4n) is 2.67. The number of carbonyl (C=O) groups excluding carboxylic acids is 1. The highest BCUT2D eigenvalue weighted by atomic mass is 16.2. The molecule has 0 saturated carbocycles. The second-order valence-corrected chi connectivity index (χ2v) is 5.02. The van der Waals surface area contributed by atoms with Gasteiger partial charge < -0.3 is 9.88 Å². The zero-order chi connectivity index (χ0) is 13.9. The average molecular weight is 272 g/mol. The van der Waals surface area contributed by atoms with Crippen molar-refractivity contribution >= 4 is 5.91 Å². The van der Waals surface area contributed by atoms with Crippen molar-refractivity contribution < 1.29 is 4.79 Å². The second-order valence-electron chi connectivity index (χ2n) is 5.02. The Bertz CT molecular complexity index is 647. The lowest BCUT2D eigenvalue weighted by molar-refractivity contribution is 0.0704. The van der Waals surface area contributed by atoms with Gasteiger partial charge in [-0.1, -0.05) is 0 Å². The van der Waals surface area contributed by atoms with Crippen LogP contribution in [0.4, 0.5) is 0 Å². The summed E-state index contributed by atoms with van der Waals surface area (Å²) in [6, 6.07) is 5.18. The Morgan fingerprint density at radius 1 is 1.40 bits per heavy atom. The molecular formula is C14H16N4O2. The molecule has 2 aromatic rings. The molecule has 0 bridgehead atoms. The molecule has 1 aliphatic rings. The van der Waals surface area contributed by atoms with Gasteiger partial charge in [0.05, 0.1) is 0 Å². The molecule has 20 heavy (non-hydrogen) atoms. The molecular weight excluding hydrogens is 256 g/mol. The van der Waals surface area contributed by atoms with Crippen LogP contribution in [0.1, 0.15) is 34.8 Å². The van der Waals surface area contributed by atoms with Crippen LogP contribution in [0.5, 0.6) is 0 Å². The van der Waals surface area contributed by atoms with E-state index in [9.17, 15) is 9.59 Å². The highest BCUT2D eigenvalue weighted by Crippen LogP contribution is 2.25. The number of aromatic amines is 2. The number of pyridine rings is 1. The van der Waals surface area contributed by atoms with Gasteiger partial charge in [0.15, 0.2) is 0 Å². The summed E-state index contributed by atoms with van der Waals surface area (Å²) < 4.78 is 0. The number of likely N-dealkylation sites (tertiary alicyclic amines) is 1. The maximum atomic E-state index is 12.4. The molecule has 2 aromatic heterocycles. The molecule has 6 nitrogen and oxygen atoms in total. The SMILES string of the molecule is O=C(c1ccc[nH]c1=O)N1CCC[C@@H](c2ccn[nH]2)C1. The van der Waals surface area contributed by atoms with E-state index >= 15 is 0 Å². The molecule has 1 amide bonds. The summed E-state index contributed by atoms with van der Waals surface area (Å²) in [5.41, 5.74) is 0.920. The zero-order valence-electron chi connectivity index (χ0n) is 11.0. The fourth-order valence-corrected chi connectivity index (χ4v) is 2.67. The van der Waals surface area contributed by atoms with Crippen molar-refractivity contribution in [3.63, 3.8) is 0 Å². The lowest BCUT2D eigenvalue weighted by Gasteiger charge is -2.32. The van der Waals surface area contributed by atoms with Crippen molar-refractivity contribution in [2.45, 2.75) is 18.8 Å². The average Bonchev–Trinajstić information content (AvgIpc) is 3.01. The van der Waals surface area contributed by atoms with Crippen LogP contribution in [0.2, 0.25) is 0 Å². The van der Waals surface area contributed by atoms with Crippen molar-refractivity contribution in [3.05, 3.63) is 52.2 Å². The molecule has 1 atom stereocenters. The summed E-state index contributed by atoms with van der Waals surface area (Å²) in [6.07, 6.45) is 5.21. The number of hydrogen-bond acceptors (Lipinski definition) is 3. The van der Waals surface area contributed by atoms with Crippen LogP contribution >= 0.6 is 0 Å². The molecule has 0 aromatic carbocycles. The predicted octanol–water partition coefficient (Wildman–Crippen LogP) is 1.12. The number of amides is 1. The third-order valence-electron chi connectivity index (χ3n) is 3.72. The summed E-state index contributed by atoms with van der Waals surface area (Å²) in [4.78, 5) is 28.4. The summed E-state index contributed by atoms with van der Waals surface area (Å²) in [7, 11) is 0. The molecule has 3 rings (SSSR count). The first-order valence-electron chi connectivity index (χ1n) is 6.72. The number of aromatic nitrogens is 3. The quantitative estimate of drug-likeness (QED) is 0.859. The van der Waals surface area contributed by atoms with Crippen LogP contribution in [0.15, 0.2) is 35.4 Å². The van der Waals surface area contributed by atoms with Gasteiger partial charge in [-0.2, -0.15) is 5.10 Å². The molecule has 6 heteroatoms. The third kappa shape index (κ3) is 2.36.